The van der Waals surface area contributed by atoms with Gasteiger partial charge in [0.1, 0.15) is 12.4 Å². The van der Waals surface area contributed by atoms with Crippen LogP contribution in [-0.2, 0) is 11.4 Å². The third-order valence-electron chi connectivity index (χ3n) is 4.76. The second-order valence-corrected chi connectivity index (χ2v) is 10.9. The lowest BCUT2D eigenvalue weighted by molar-refractivity contribution is -0.384. The maximum absolute atomic E-state index is 13.2. The number of thiocarbonyl (C=S) groups is 1. The Morgan fingerprint density at radius 1 is 1.12 bits per heavy atom. The Kier molecular flexibility index (Phi) is 7.73. The lowest BCUT2D eigenvalue weighted by atomic mass is 10.1. The Hall–Kier alpha value is -2.24. The van der Waals surface area contributed by atoms with Crippen LogP contribution in [0.15, 0.2) is 74.5 Å². The number of benzene rings is 3. The number of halogens is 3. The Morgan fingerprint density at radius 2 is 1.85 bits per heavy atom. The quantitative estimate of drug-likeness (QED) is 0.119. The summed E-state index contributed by atoms with van der Waals surface area (Å²) in [6, 6.07) is 16.8. The van der Waals surface area contributed by atoms with Crippen molar-refractivity contribution in [3.8, 4) is 5.75 Å². The number of carbonyl (C=O) groups is 1. The third-order valence-corrected chi connectivity index (χ3v) is 7.78. The van der Waals surface area contributed by atoms with E-state index in [1.807, 2.05) is 12.1 Å². The van der Waals surface area contributed by atoms with E-state index in [9.17, 15) is 14.9 Å². The van der Waals surface area contributed by atoms with Crippen molar-refractivity contribution < 1.29 is 14.5 Å². The number of nitrogens with zero attached hydrogens (tertiary/aromatic N) is 2. The first-order chi connectivity index (χ1) is 16.2. The van der Waals surface area contributed by atoms with Crippen LogP contribution in [-0.4, -0.2) is 15.2 Å². The summed E-state index contributed by atoms with van der Waals surface area (Å²) in [5.74, 6) is 0.299. The van der Waals surface area contributed by atoms with Gasteiger partial charge >= 0.3 is 0 Å². The first-order valence-corrected chi connectivity index (χ1v) is 12.8. The molecule has 1 aliphatic heterocycles. The minimum absolute atomic E-state index is 0.0159. The number of hydrogen-bond donors (Lipinski definition) is 0. The predicted molar refractivity (Wildman–Crippen MR) is 146 cm³/mol. The Morgan fingerprint density at radius 3 is 2.53 bits per heavy atom. The summed E-state index contributed by atoms with van der Waals surface area (Å²) in [5.41, 5.74) is 2.06. The smallest absolute Gasteiger partial charge is 0.270 e. The van der Waals surface area contributed by atoms with Crippen molar-refractivity contribution in [2.24, 2.45) is 0 Å². The molecule has 0 radical (unpaired) electrons. The molecule has 1 saturated heterocycles. The average Bonchev–Trinajstić information content (AvgIpc) is 3.08. The monoisotopic (exact) mass is 638 g/mol. The number of nitro benzene ring substituents is 1. The molecule has 1 aliphatic rings. The summed E-state index contributed by atoms with van der Waals surface area (Å²) >= 11 is 19.7. The van der Waals surface area contributed by atoms with Crippen LogP contribution in [0.3, 0.4) is 0 Å². The van der Waals surface area contributed by atoms with Gasteiger partial charge in [0.15, 0.2) is 4.32 Å². The molecule has 1 fully saturated rings. The van der Waals surface area contributed by atoms with Crippen LogP contribution in [0.5, 0.6) is 5.75 Å². The molecule has 0 atom stereocenters. The van der Waals surface area contributed by atoms with Crippen LogP contribution in [0.2, 0.25) is 5.02 Å². The Labute approximate surface area is 226 Å². The second kappa shape index (κ2) is 10.6. The first-order valence-electron chi connectivity index (χ1n) is 9.61. The van der Waals surface area contributed by atoms with Gasteiger partial charge in [0.05, 0.1) is 20.5 Å². The molecule has 0 spiro atoms. The van der Waals surface area contributed by atoms with E-state index < -0.39 is 4.92 Å². The minimum atomic E-state index is -0.449. The van der Waals surface area contributed by atoms with Crippen molar-refractivity contribution in [3.05, 3.63) is 101 Å². The lowest BCUT2D eigenvalue weighted by Crippen LogP contribution is -2.27. The van der Waals surface area contributed by atoms with Crippen molar-refractivity contribution in [1.82, 2.24) is 0 Å². The average molecular weight is 641 g/mol. The number of ether oxygens (including phenoxy) is 1. The number of nitro groups is 1. The van der Waals surface area contributed by atoms with E-state index in [1.54, 1.807) is 42.5 Å². The molecule has 3 aromatic carbocycles. The molecule has 0 unspecified atom stereocenters. The molecule has 0 aromatic heterocycles. The molecule has 0 saturated carbocycles. The van der Waals surface area contributed by atoms with Gasteiger partial charge in [-0.05, 0) is 76.1 Å². The van der Waals surface area contributed by atoms with Crippen LogP contribution in [0.1, 0.15) is 11.1 Å². The van der Waals surface area contributed by atoms with Gasteiger partial charge in [-0.25, -0.2) is 0 Å². The number of rotatable bonds is 6. The normalized spacial score (nSPS) is 14.7. The zero-order chi connectivity index (χ0) is 24.4. The summed E-state index contributed by atoms with van der Waals surface area (Å²) in [6.45, 7) is 0.207. The maximum Gasteiger partial charge on any atom is 0.270 e. The standard InChI is InChI=1S/C23H13Br2ClN2O4S2/c24-15-3-8-20(32-12-13-1-4-16(5-2-13)28(30)31)14(9-15)10-21-22(29)27(23(33)34-21)17-6-7-18(25)19(26)11-17/h1-11H,12H2. The highest BCUT2D eigenvalue weighted by molar-refractivity contribution is 9.10. The number of hydrogen-bond acceptors (Lipinski definition) is 6. The van der Waals surface area contributed by atoms with E-state index in [1.165, 1.54) is 28.8 Å². The SMILES string of the molecule is O=C1C(=Cc2cc(Br)ccc2OCc2ccc([N+](=O)[O-])cc2)SC(=S)N1c1ccc(Br)c(Cl)c1. The van der Waals surface area contributed by atoms with Gasteiger partial charge in [-0.15, -0.1) is 0 Å². The van der Waals surface area contributed by atoms with Gasteiger partial charge in [-0.2, -0.15) is 0 Å². The van der Waals surface area contributed by atoms with Crippen LogP contribution >= 0.6 is 67.4 Å². The highest BCUT2D eigenvalue weighted by Gasteiger charge is 2.33. The lowest BCUT2D eigenvalue weighted by Gasteiger charge is -2.15. The second-order valence-electron chi connectivity index (χ2n) is 7.01. The molecule has 11 heteroatoms. The molecule has 0 aliphatic carbocycles. The zero-order valence-corrected chi connectivity index (χ0v) is 22.6. The number of anilines is 1. The van der Waals surface area contributed by atoms with Crippen LogP contribution in [0.25, 0.3) is 6.08 Å². The molecule has 0 bridgehead atoms. The molecule has 4 rings (SSSR count). The molecular formula is C23H13Br2ClN2O4S2. The molecule has 0 N–H and O–H groups in total. The maximum atomic E-state index is 13.2. The number of amides is 1. The number of non-ortho nitro benzene ring substituents is 1. The molecular weight excluding hydrogens is 628 g/mol. The van der Waals surface area contributed by atoms with Crippen molar-refractivity contribution in [2.45, 2.75) is 6.61 Å². The van der Waals surface area contributed by atoms with Gasteiger partial charge in [0.25, 0.3) is 11.6 Å². The molecule has 34 heavy (non-hydrogen) atoms. The van der Waals surface area contributed by atoms with Gasteiger partial charge in [0, 0.05) is 26.6 Å². The fourth-order valence-corrected chi connectivity index (χ4v) is 5.18. The Bertz CT molecular complexity index is 1350. The molecule has 1 amide bonds. The molecule has 172 valence electrons. The minimum Gasteiger partial charge on any atom is -0.488 e. The highest BCUT2D eigenvalue weighted by atomic mass is 79.9. The number of carbonyl (C=O) groups excluding carboxylic acids is 1. The van der Waals surface area contributed by atoms with Gasteiger partial charge in [0.2, 0.25) is 0 Å². The van der Waals surface area contributed by atoms with Crippen LogP contribution < -0.4 is 9.64 Å². The topological polar surface area (TPSA) is 72.7 Å². The molecule has 3 aromatic rings. The largest absolute Gasteiger partial charge is 0.488 e. The Balaban J connectivity index is 1.58. The summed E-state index contributed by atoms with van der Waals surface area (Å²) in [5, 5.41) is 11.3. The van der Waals surface area contributed by atoms with Gasteiger partial charge in [-0.3, -0.25) is 19.8 Å². The summed E-state index contributed by atoms with van der Waals surface area (Å²) in [7, 11) is 0. The number of thioether (sulfide) groups is 1. The molecule has 1 heterocycles. The van der Waals surface area contributed by atoms with Gasteiger partial charge < -0.3 is 4.74 Å². The molecule has 6 nitrogen and oxygen atoms in total. The zero-order valence-electron chi connectivity index (χ0n) is 17.0. The van der Waals surface area contributed by atoms with Crippen molar-refractivity contribution in [1.29, 1.82) is 0 Å². The van der Waals surface area contributed by atoms with E-state index >= 15 is 0 Å². The van der Waals surface area contributed by atoms with E-state index in [0.717, 1.165) is 14.5 Å². The van der Waals surface area contributed by atoms with Crippen LogP contribution in [0, 0.1) is 10.1 Å². The van der Waals surface area contributed by atoms with Gasteiger partial charge in [-0.1, -0.05) is 51.5 Å². The third kappa shape index (κ3) is 5.52. The van der Waals surface area contributed by atoms with Crippen molar-refractivity contribution in [2.75, 3.05) is 4.90 Å². The predicted octanol–water partition coefficient (Wildman–Crippen LogP) is 7.76. The van der Waals surface area contributed by atoms with Crippen molar-refractivity contribution in [3.63, 3.8) is 0 Å². The van der Waals surface area contributed by atoms with E-state index in [-0.39, 0.29) is 18.2 Å². The van der Waals surface area contributed by atoms with Crippen molar-refractivity contribution >= 4 is 95.1 Å². The summed E-state index contributed by atoms with van der Waals surface area (Å²) in [4.78, 5) is 25.4. The highest BCUT2D eigenvalue weighted by Crippen LogP contribution is 2.39. The fraction of sp³-hybridized carbons (Fsp3) is 0.0435. The van der Waals surface area contributed by atoms with E-state index in [4.69, 9.17) is 28.6 Å². The van der Waals surface area contributed by atoms with E-state index in [2.05, 4.69) is 31.9 Å². The fourth-order valence-electron chi connectivity index (χ4n) is 3.09. The summed E-state index contributed by atoms with van der Waals surface area (Å²) in [6.07, 6.45) is 1.73. The summed E-state index contributed by atoms with van der Waals surface area (Å²) < 4.78 is 7.91. The first kappa shape index (κ1) is 24.9. The van der Waals surface area contributed by atoms with E-state index in [0.29, 0.717) is 31.2 Å². The van der Waals surface area contributed by atoms with Crippen LogP contribution in [0.4, 0.5) is 11.4 Å².